The average Bonchev–Trinajstić information content (AvgIpc) is 2.31. The number of nitrogens with one attached hydrogen (secondary N) is 3. The van der Waals surface area contributed by atoms with E-state index in [-0.39, 0.29) is 35.9 Å². The van der Waals surface area contributed by atoms with Crippen molar-refractivity contribution in [1.29, 1.82) is 0 Å². The minimum atomic E-state index is 0. The fourth-order valence-corrected chi connectivity index (χ4v) is 1.30. The van der Waals surface area contributed by atoms with Gasteiger partial charge in [0.1, 0.15) is 0 Å². The molecule has 0 bridgehead atoms. The van der Waals surface area contributed by atoms with E-state index in [0.29, 0.717) is 38.7 Å². The summed E-state index contributed by atoms with van der Waals surface area (Å²) < 4.78 is 5.21. The molecule has 0 rings (SSSR count). The van der Waals surface area contributed by atoms with Crippen LogP contribution in [-0.4, -0.2) is 51.3 Å². The maximum atomic E-state index is 11.4. The van der Waals surface area contributed by atoms with Gasteiger partial charge in [0.2, 0.25) is 5.91 Å². The Labute approximate surface area is 133 Å². The summed E-state index contributed by atoms with van der Waals surface area (Å²) in [6.45, 7) is 8.46. The third-order valence-electron chi connectivity index (χ3n) is 2.06. The average molecular weight is 386 g/mol. The van der Waals surface area contributed by atoms with Crippen molar-refractivity contribution in [1.82, 2.24) is 16.0 Å². The normalized spacial score (nSPS) is 10.9. The summed E-state index contributed by atoms with van der Waals surface area (Å²) in [5.41, 5.74) is 0. The number of nitrogens with zero attached hydrogens (tertiary/aromatic N) is 1. The maximum Gasteiger partial charge on any atom is 0.221 e. The quantitative estimate of drug-likeness (QED) is 0.249. The molecule has 0 spiro atoms. The fourth-order valence-electron chi connectivity index (χ4n) is 1.30. The van der Waals surface area contributed by atoms with Crippen LogP contribution in [0.4, 0.5) is 0 Å². The highest BCUT2D eigenvalue weighted by Gasteiger charge is 2.03. The first kappa shape index (κ1) is 20.7. The van der Waals surface area contributed by atoms with Crippen molar-refractivity contribution in [2.75, 3.05) is 33.4 Å². The Hall–Kier alpha value is -0.570. The number of carbonyl (C=O) groups is 1. The Bertz CT molecular complexity index is 260. The van der Waals surface area contributed by atoms with Crippen molar-refractivity contribution >= 4 is 35.8 Å². The number of halogens is 1. The molecule has 0 aromatic rings. The van der Waals surface area contributed by atoms with E-state index in [0.717, 1.165) is 0 Å². The number of hydrogen-bond donors (Lipinski definition) is 3. The molecule has 0 aliphatic heterocycles. The first-order valence-corrected chi connectivity index (χ1v) is 6.41. The molecule has 19 heavy (non-hydrogen) atoms. The molecule has 0 aliphatic rings. The van der Waals surface area contributed by atoms with Gasteiger partial charge in [-0.2, -0.15) is 0 Å². The number of amides is 1. The van der Waals surface area contributed by atoms with Gasteiger partial charge in [-0.3, -0.25) is 9.79 Å². The molecular weight excluding hydrogens is 359 g/mol. The van der Waals surface area contributed by atoms with Gasteiger partial charge in [-0.05, 0) is 20.8 Å². The minimum Gasteiger partial charge on any atom is -0.380 e. The van der Waals surface area contributed by atoms with Gasteiger partial charge in [-0.25, -0.2) is 0 Å². The highest BCUT2D eigenvalue weighted by atomic mass is 127. The van der Waals surface area contributed by atoms with Crippen molar-refractivity contribution < 1.29 is 9.53 Å². The molecule has 0 saturated heterocycles. The summed E-state index contributed by atoms with van der Waals surface area (Å²) >= 11 is 0. The van der Waals surface area contributed by atoms with Crippen LogP contribution in [0.2, 0.25) is 0 Å². The van der Waals surface area contributed by atoms with Crippen molar-refractivity contribution in [2.45, 2.75) is 33.2 Å². The van der Waals surface area contributed by atoms with E-state index >= 15 is 0 Å². The Morgan fingerprint density at radius 1 is 1.26 bits per heavy atom. The standard InChI is InChI=1S/C12H26N4O2.HI/c1-5-18-9-8-15-12(13-4)14-7-6-11(17)16-10(2)3;/h10H,5-9H2,1-4H3,(H,16,17)(H2,13,14,15);1H. The van der Waals surface area contributed by atoms with E-state index in [1.54, 1.807) is 7.05 Å². The molecule has 0 radical (unpaired) electrons. The zero-order chi connectivity index (χ0) is 13.8. The summed E-state index contributed by atoms with van der Waals surface area (Å²) in [6.07, 6.45) is 0.435. The van der Waals surface area contributed by atoms with Gasteiger partial charge in [-0.1, -0.05) is 0 Å². The van der Waals surface area contributed by atoms with Gasteiger partial charge in [0.15, 0.2) is 5.96 Å². The third-order valence-corrected chi connectivity index (χ3v) is 2.06. The highest BCUT2D eigenvalue weighted by molar-refractivity contribution is 14.0. The van der Waals surface area contributed by atoms with E-state index < -0.39 is 0 Å². The molecule has 114 valence electrons. The van der Waals surface area contributed by atoms with Crippen molar-refractivity contribution in [2.24, 2.45) is 4.99 Å². The molecule has 6 nitrogen and oxygen atoms in total. The first-order valence-electron chi connectivity index (χ1n) is 6.41. The van der Waals surface area contributed by atoms with Gasteiger partial charge in [0.05, 0.1) is 6.61 Å². The maximum absolute atomic E-state index is 11.4. The molecule has 7 heteroatoms. The van der Waals surface area contributed by atoms with E-state index in [1.165, 1.54) is 0 Å². The summed E-state index contributed by atoms with van der Waals surface area (Å²) in [4.78, 5) is 15.4. The number of carbonyl (C=O) groups excluding carboxylic acids is 1. The van der Waals surface area contributed by atoms with E-state index in [4.69, 9.17) is 4.74 Å². The number of rotatable bonds is 8. The molecule has 1 amide bonds. The SMILES string of the molecule is CCOCCNC(=NC)NCCC(=O)NC(C)C.I. The van der Waals surface area contributed by atoms with Crippen LogP contribution >= 0.6 is 24.0 Å². The molecule has 3 N–H and O–H groups in total. The first-order chi connectivity index (χ1) is 8.60. The Kier molecular flexibility index (Phi) is 15.1. The van der Waals surface area contributed by atoms with Gasteiger partial charge < -0.3 is 20.7 Å². The van der Waals surface area contributed by atoms with Crippen molar-refractivity contribution in [3.63, 3.8) is 0 Å². The number of hydrogen-bond acceptors (Lipinski definition) is 3. The molecule has 0 aliphatic carbocycles. The Balaban J connectivity index is 0. The molecule has 0 unspecified atom stereocenters. The molecule has 0 atom stereocenters. The summed E-state index contributed by atoms with van der Waals surface area (Å²) in [7, 11) is 1.70. The predicted octanol–water partition coefficient (Wildman–Crippen LogP) is 0.721. The number of ether oxygens (including phenoxy) is 1. The van der Waals surface area contributed by atoms with E-state index in [2.05, 4.69) is 20.9 Å². The van der Waals surface area contributed by atoms with Gasteiger partial charge in [0, 0.05) is 39.2 Å². The second-order valence-corrected chi connectivity index (χ2v) is 4.09. The molecule has 0 saturated carbocycles. The second kappa shape index (κ2) is 13.9. The Morgan fingerprint density at radius 2 is 1.89 bits per heavy atom. The third kappa shape index (κ3) is 13.7. The monoisotopic (exact) mass is 386 g/mol. The fraction of sp³-hybridized carbons (Fsp3) is 0.833. The Morgan fingerprint density at radius 3 is 2.42 bits per heavy atom. The lowest BCUT2D eigenvalue weighted by Crippen LogP contribution is -2.41. The van der Waals surface area contributed by atoms with Crippen LogP contribution in [0.1, 0.15) is 27.2 Å². The van der Waals surface area contributed by atoms with E-state index in [1.807, 2.05) is 20.8 Å². The van der Waals surface area contributed by atoms with Crippen LogP contribution in [0, 0.1) is 0 Å². The van der Waals surface area contributed by atoms with Gasteiger partial charge >= 0.3 is 0 Å². The smallest absolute Gasteiger partial charge is 0.221 e. The lowest BCUT2D eigenvalue weighted by atomic mass is 10.3. The predicted molar refractivity (Wildman–Crippen MR) is 89.2 cm³/mol. The molecule has 0 heterocycles. The second-order valence-electron chi connectivity index (χ2n) is 4.09. The van der Waals surface area contributed by atoms with Crippen LogP contribution < -0.4 is 16.0 Å². The summed E-state index contributed by atoms with van der Waals surface area (Å²) in [5.74, 6) is 0.731. The lowest BCUT2D eigenvalue weighted by Gasteiger charge is -2.12. The van der Waals surface area contributed by atoms with Crippen LogP contribution in [0.25, 0.3) is 0 Å². The van der Waals surface area contributed by atoms with Crippen LogP contribution in [0.3, 0.4) is 0 Å². The zero-order valence-corrected chi connectivity index (χ0v) is 14.6. The summed E-state index contributed by atoms with van der Waals surface area (Å²) in [5, 5.41) is 9.01. The summed E-state index contributed by atoms with van der Waals surface area (Å²) in [6, 6.07) is 0.182. The molecule has 0 aromatic carbocycles. The van der Waals surface area contributed by atoms with Crippen molar-refractivity contribution in [3.05, 3.63) is 0 Å². The van der Waals surface area contributed by atoms with Crippen LogP contribution in [-0.2, 0) is 9.53 Å². The van der Waals surface area contributed by atoms with Crippen molar-refractivity contribution in [3.8, 4) is 0 Å². The molecule has 0 aromatic heterocycles. The van der Waals surface area contributed by atoms with E-state index in [9.17, 15) is 4.79 Å². The molecular formula is C12H27IN4O2. The largest absolute Gasteiger partial charge is 0.380 e. The number of guanidine groups is 1. The highest BCUT2D eigenvalue weighted by Crippen LogP contribution is 1.82. The number of aliphatic imine (C=N–C) groups is 1. The van der Waals surface area contributed by atoms with Gasteiger partial charge in [0.25, 0.3) is 0 Å². The van der Waals surface area contributed by atoms with Crippen LogP contribution in [0.15, 0.2) is 4.99 Å². The van der Waals surface area contributed by atoms with Gasteiger partial charge in [-0.15, -0.1) is 24.0 Å². The lowest BCUT2D eigenvalue weighted by molar-refractivity contribution is -0.121. The topological polar surface area (TPSA) is 74.8 Å². The minimum absolute atomic E-state index is 0. The zero-order valence-electron chi connectivity index (χ0n) is 12.3. The molecule has 0 fully saturated rings. The van der Waals surface area contributed by atoms with Crippen LogP contribution in [0.5, 0.6) is 0 Å².